The van der Waals surface area contributed by atoms with E-state index >= 15 is 0 Å². The zero-order valence-electron chi connectivity index (χ0n) is 12.3. The number of hydrogen-bond donors (Lipinski definition) is 2. The molecule has 2 fully saturated rings. The number of anilines is 1. The summed E-state index contributed by atoms with van der Waals surface area (Å²) in [7, 11) is 0. The molecule has 6 heteroatoms. The molecule has 114 valence electrons. The third-order valence-corrected chi connectivity index (χ3v) is 4.91. The minimum Gasteiger partial charge on any atom is -0.322 e. The number of carbonyl (C=O) groups is 1. The van der Waals surface area contributed by atoms with Gasteiger partial charge < -0.3 is 10.6 Å². The molecule has 2 N–H and O–H groups in total. The highest BCUT2D eigenvalue weighted by Crippen LogP contribution is 2.45. The van der Waals surface area contributed by atoms with Gasteiger partial charge in [0, 0.05) is 24.4 Å². The lowest BCUT2D eigenvalue weighted by molar-refractivity contribution is -0.125. The molecule has 1 unspecified atom stereocenters. The first-order valence-electron chi connectivity index (χ1n) is 7.76. The maximum absolute atomic E-state index is 12.5. The summed E-state index contributed by atoms with van der Waals surface area (Å²) in [6.07, 6.45) is 11.7. The number of pyridine rings is 1. The summed E-state index contributed by atoms with van der Waals surface area (Å²) in [5.74, 6) is 0.0578. The van der Waals surface area contributed by atoms with E-state index in [1.54, 1.807) is 23.3 Å². The van der Waals surface area contributed by atoms with Gasteiger partial charge in [-0.2, -0.15) is 5.10 Å². The molecule has 1 spiro atoms. The Morgan fingerprint density at radius 1 is 1.32 bits per heavy atom. The van der Waals surface area contributed by atoms with E-state index in [0.29, 0.717) is 0 Å². The molecule has 1 atom stereocenters. The fraction of sp³-hybridized carbons (Fsp3) is 0.438. The Labute approximate surface area is 128 Å². The predicted octanol–water partition coefficient (Wildman–Crippen LogP) is 1.74. The van der Waals surface area contributed by atoms with Crippen LogP contribution >= 0.6 is 0 Å². The van der Waals surface area contributed by atoms with E-state index in [1.165, 1.54) is 12.8 Å². The van der Waals surface area contributed by atoms with Crippen molar-refractivity contribution in [1.29, 1.82) is 0 Å². The van der Waals surface area contributed by atoms with Gasteiger partial charge in [-0.05, 0) is 25.0 Å². The number of nitrogens with zero attached hydrogens (tertiary/aromatic N) is 3. The van der Waals surface area contributed by atoms with E-state index in [2.05, 4.69) is 20.7 Å². The van der Waals surface area contributed by atoms with Crippen LogP contribution in [0.25, 0.3) is 5.69 Å². The van der Waals surface area contributed by atoms with Gasteiger partial charge in [-0.1, -0.05) is 12.8 Å². The molecule has 2 aromatic rings. The van der Waals surface area contributed by atoms with Crippen LogP contribution in [0.1, 0.15) is 25.7 Å². The number of nitrogens with one attached hydrogen (secondary N) is 2. The normalized spacial score (nSPS) is 22.5. The van der Waals surface area contributed by atoms with E-state index in [9.17, 15) is 4.79 Å². The summed E-state index contributed by atoms with van der Waals surface area (Å²) in [6, 6.07) is 3.69. The van der Waals surface area contributed by atoms with Crippen molar-refractivity contribution in [3.8, 4) is 5.69 Å². The van der Waals surface area contributed by atoms with Crippen molar-refractivity contribution in [2.75, 3.05) is 11.9 Å². The van der Waals surface area contributed by atoms with Crippen molar-refractivity contribution >= 4 is 11.6 Å². The summed E-state index contributed by atoms with van der Waals surface area (Å²) in [6.45, 7) is 0.974. The van der Waals surface area contributed by atoms with Crippen LogP contribution in [-0.2, 0) is 4.79 Å². The fourth-order valence-electron chi connectivity index (χ4n) is 3.65. The quantitative estimate of drug-likeness (QED) is 0.905. The topological polar surface area (TPSA) is 71.8 Å². The van der Waals surface area contributed by atoms with Gasteiger partial charge in [0.25, 0.3) is 0 Å². The zero-order chi connectivity index (χ0) is 15.0. The summed E-state index contributed by atoms with van der Waals surface area (Å²) >= 11 is 0. The molecule has 0 aromatic carbocycles. The molecular formula is C16H19N5O. The largest absolute Gasteiger partial charge is 0.322 e. The third-order valence-electron chi connectivity index (χ3n) is 4.91. The van der Waals surface area contributed by atoms with Gasteiger partial charge >= 0.3 is 0 Å². The van der Waals surface area contributed by atoms with Crippen LogP contribution in [0, 0.1) is 5.41 Å². The molecule has 1 amide bonds. The number of amides is 1. The SMILES string of the molecule is O=C(Nc1cnn(-c2ccncc2)c1)C1NCC12CCCC2. The molecule has 1 aliphatic carbocycles. The van der Waals surface area contributed by atoms with Crippen LogP contribution in [0.3, 0.4) is 0 Å². The maximum Gasteiger partial charge on any atom is 0.242 e. The first-order chi connectivity index (χ1) is 10.8. The number of carbonyl (C=O) groups excluding carboxylic acids is 1. The minimum absolute atomic E-state index is 0.0562. The second-order valence-corrected chi connectivity index (χ2v) is 6.25. The van der Waals surface area contributed by atoms with Crippen LogP contribution in [0.15, 0.2) is 36.9 Å². The molecule has 2 aliphatic rings. The third kappa shape index (κ3) is 2.20. The van der Waals surface area contributed by atoms with Crippen molar-refractivity contribution in [3.63, 3.8) is 0 Å². The summed E-state index contributed by atoms with van der Waals surface area (Å²) in [5.41, 5.74) is 1.85. The first kappa shape index (κ1) is 13.5. The Morgan fingerprint density at radius 3 is 2.77 bits per heavy atom. The molecule has 3 heterocycles. The molecule has 22 heavy (non-hydrogen) atoms. The van der Waals surface area contributed by atoms with Gasteiger partial charge in [-0.15, -0.1) is 0 Å². The number of aromatic nitrogens is 3. The van der Waals surface area contributed by atoms with Crippen molar-refractivity contribution in [1.82, 2.24) is 20.1 Å². The lowest BCUT2D eigenvalue weighted by Crippen LogP contribution is -2.66. The highest BCUT2D eigenvalue weighted by atomic mass is 16.2. The molecular weight excluding hydrogens is 278 g/mol. The van der Waals surface area contributed by atoms with Gasteiger partial charge in [0.15, 0.2) is 0 Å². The summed E-state index contributed by atoms with van der Waals surface area (Å²) in [5, 5.41) is 10.6. The van der Waals surface area contributed by atoms with Gasteiger partial charge in [0.05, 0.1) is 29.8 Å². The number of rotatable bonds is 3. The average molecular weight is 297 g/mol. The predicted molar refractivity (Wildman–Crippen MR) is 82.7 cm³/mol. The number of hydrogen-bond acceptors (Lipinski definition) is 4. The molecule has 1 saturated carbocycles. The molecule has 1 saturated heterocycles. The first-order valence-corrected chi connectivity index (χ1v) is 7.76. The zero-order valence-corrected chi connectivity index (χ0v) is 12.3. The Morgan fingerprint density at radius 2 is 2.09 bits per heavy atom. The lowest BCUT2D eigenvalue weighted by atomic mass is 9.71. The van der Waals surface area contributed by atoms with Gasteiger partial charge in [0.2, 0.25) is 5.91 Å². The Kier molecular flexibility index (Phi) is 3.18. The Hall–Kier alpha value is -2.21. The molecule has 4 rings (SSSR count). The Bertz CT molecular complexity index is 675. The van der Waals surface area contributed by atoms with Gasteiger partial charge in [0.1, 0.15) is 0 Å². The van der Waals surface area contributed by atoms with Gasteiger partial charge in [-0.25, -0.2) is 4.68 Å². The summed E-state index contributed by atoms with van der Waals surface area (Å²) in [4.78, 5) is 16.5. The highest BCUT2D eigenvalue weighted by molar-refractivity contribution is 5.96. The van der Waals surface area contributed by atoms with E-state index in [0.717, 1.165) is 30.8 Å². The highest BCUT2D eigenvalue weighted by Gasteiger charge is 2.51. The van der Waals surface area contributed by atoms with Gasteiger partial charge in [-0.3, -0.25) is 9.78 Å². The second-order valence-electron chi connectivity index (χ2n) is 6.25. The Balaban J connectivity index is 1.46. The van der Waals surface area contributed by atoms with Crippen LogP contribution in [0.2, 0.25) is 0 Å². The van der Waals surface area contributed by atoms with Crippen molar-refractivity contribution in [2.24, 2.45) is 5.41 Å². The summed E-state index contributed by atoms with van der Waals surface area (Å²) < 4.78 is 1.73. The van der Waals surface area contributed by atoms with E-state index in [1.807, 2.05) is 18.3 Å². The molecule has 1 aliphatic heterocycles. The van der Waals surface area contributed by atoms with E-state index in [4.69, 9.17) is 0 Å². The van der Waals surface area contributed by atoms with E-state index in [-0.39, 0.29) is 17.4 Å². The molecule has 0 radical (unpaired) electrons. The fourth-order valence-corrected chi connectivity index (χ4v) is 3.65. The van der Waals surface area contributed by atoms with Crippen LogP contribution in [0.5, 0.6) is 0 Å². The van der Waals surface area contributed by atoms with Crippen LogP contribution < -0.4 is 10.6 Å². The monoisotopic (exact) mass is 297 g/mol. The van der Waals surface area contributed by atoms with Crippen LogP contribution in [0.4, 0.5) is 5.69 Å². The average Bonchev–Trinajstić information content (AvgIpc) is 3.17. The molecule has 6 nitrogen and oxygen atoms in total. The smallest absolute Gasteiger partial charge is 0.242 e. The van der Waals surface area contributed by atoms with Crippen LogP contribution in [-0.4, -0.2) is 33.3 Å². The maximum atomic E-state index is 12.5. The van der Waals surface area contributed by atoms with Crippen molar-refractivity contribution in [3.05, 3.63) is 36.9 Å². The molecule has 0 bridgehead atoms. The minimum atomic E-state index is -0.0562. The van der Waals surface area contributed by atoms with Crippen molar-refractivity contribution < 1.29 is 4.79 Å². The lowest BCUT2D eigenvalue weighted by Gasteiger charge is -2.47. The van der Waals surface area contributed by atoms with Crippen molar-refractivity contribution in [2.45, 2.75) is 31.7 Å². The molecule has 2 aromatic heterocycles. The van der Waals surface area contributed by atoms with E-state index < -0.39 is 0 Å². The second kappa shape index (κ2) is 5.21. The standard InChI is InChI=1S/C16H19N5O/c22-15(14-16(11-18-14)5-1-2-6-16)20-12-9-19-21(10-12)13-3-7-17-8-4-13/h3-4,7-10,14,18H,1-2,5-6,11H2,(H,20,22).